The number of esters is 1. The Hall–Kier alpha value is -2.39. The van der Waals surface area contributed by atoms with Gasteiger partial charge in [-0.1, -0.05) is 0 Å². The molecule has 0 fully saturated rings. The topological polar surface area (TPSA) is 109 Å². The van der Waals surface area contributed by atoms with Crippen molar-refractivity contribution in [2.75, 3.05) is 46.8 Å². The Bertz CT molecular complexity index is 650. The van der Waals surface area contributed by atoms with E-state index in [0.717, 1.165) is 0 Å². The summed E-state index contributed by atoms with van der Waals surface area (Å²) in [6.07, 6.45) is 1.44. The molecule has 9 heteroatoms. The molecule has 2 rings (SSSR count). The highest BCUT2D eigenvalue weighted by molar-refractivity contribution is 5.99. The average Bonchev–Trinajstić information content (AvgIpc) is 3.02. The van der Waals surface area contributed by atoms with Crippen molar-refractivity contribution in [1.29, 1.82) is 0 Å². The van der Waals surface area contributed by atoms with E-state index in [1.54, 1.807) is 21.0 Å². The van der Waals surface area contributed by atoms with Crippen LogP contribution in [-0.4, -0.2) is 74.2 Å². The number of carbonyl (C=O) groups excluding carboxylic acids is 1. The molecule has 1 aliphatic rings. The Kier molecular flexibility index (Phi) is 7.16. The predicted molar refractivity (Wildman–Crippen MR) is 91.6 cm³/mol. The molecular weight excluding hydrogens is 344 g/mol. The molecule has 0 aliphatic carbocycles. The summed E-state index contributed by atoms with van der Waals surface area (Å²) in [5, 5.41) is 10.2. The maximum atomic E-state index is 12.0. The number of methoxy groups -OCH3 is 1. The fourth-order valence-electron chi connectivity index (χ4n) is 2.15. The normalized spacial score (nSPS) is 19.0. The molecule has 2 heterocycles. The number of nitrogens with zero attached hydrogens (tertiary/aromatic N) is 2. The van der Waals surface area contributed by atoms with Gasteiger partial charge in [-0.25, -0.2) is 14.8 Å². The minimum atomic E-state index is -1.14. The van der Waals surface area contributed by atoms with Crippen molar-refractivity contribution in [2.24, 2.45) is 4.99 Å². The van der Waals surface area contributed by atoms with Crippen molar-refractivity contribution < 1.29 is 33.6 Å². The van der Waals surface area contributed by atoms with Gasteiger partial charge in [-0.15, -0.1) is 0 Å². The van der Waals surface area contributed by atoms with Gasteiger partial charge in [0.2, 0.25) is 5.90 Å². The molecule has 0 bridgehead atoms. The van der Waals surface area contributed by atoms with Gasteiger partial charge in [0.05, 0.1) is 32.6 Å². The van der Waals surface area contributed by atoms with Gasteiger partial charge in [-0.3, -0.25) is 0 Å². The molecular formula is C17H24N2O7. The van der Waals surface area contributed by atoms with Crippen molar-refractivity contribution in [3.05, 3.63) is 18.0 Å². The number of carbonyl (C=O) groups is 1. The first-order valence-electron chi connectivity index (χ1n) is 8.29. The van der Waals surface area contributed by atoms with E-state index >= 15 is 0 Å². The highest BCUT2D eigenvalue weighted by Crippen LogP contribution is 2.28. The largest absolute Gasteiger partial charge is 0.505 e. The van der Waals surface area contributed by atoms with Gasteiger partial charge in [0.1, 0.15) is 19.0 Å². The summed E-state index contributed by atoms with van der Waals surface area (Å²) in [7, 11) is 1.60. The van der Waals surface area contributed by atoms with Gasteiger partial charge in [-0.2, -0.15) is 0 Å². The number of hydrogen-bond donors (Lipinski definition) is 1. The van der Waals surface area contributed by atoms with E-state index in [9.17, 15) is 9.90 Å². The zero-order valence-electron chi connectivity index (χ0n) is 15.2. The maximum Gasteiger partial charge on any atom is 0.337 e. The zero-order chi connectivity index (χ0) is 19.0. The number of rotatable bonds is 10. The number of aromatic hydroxyl groups is 1. The van der Waals surface area contributed by atoms with Crippen LogP contribution in [0.1, 0.15) is 19.5 Å². The van der Waals surface area contributed by atoms with E-state index in [2.05, 4.69) is 9.98 Å². The Balaban J connectivity index is 1.96. The van der Waals surface area contributed by atoms with Crippen LogP contribution < -0.4 is 4.74 Å². The molecule has 0 saturated carbocycles. The van der Waals surface area contributed by atoms with Crippen LogP contribution in [0.2, 0.25) is 0 Å². The van der Waals surface area contributed by atoms with E-state index in [1.165, 1.54) is 12.3 Å². The van der Waals surface area contributed by atoms with Gasteiger partial charge in [0, 0.05) is 13.2 Å². The molecule has 1 N–H and O–H groups in total. The maximum absolute atomic E-state index is 12.0. The molecule has 0 spiro atoms. The standard InChI is InChI=1S/C17H24N2O7/c1-4-24-16(21)17(2)11-26-15(19-17)14-13(20)9-12(10-18-14)25-8-7-23-6-5-22-3/h9-10,20H,4-8,11H2,1-3H3. The third kappa shape index (κ3) is 5.06. The lowest BCUT2D eigenvalue weighted by Gasteiger charge is -2.15. The summed E-state index contributed by atoms with van der Waals surface area (Å²) in [4.78, 5) is 20.3. The summed E-state index contributed by atoms with van der Waals surface area (Å²) in [6, 6.07) is 1.41. The lowest BCUT2D eigenvalue weighted by molar-refractivity contribution is -0.149. The van der Waals surface area contributed by atoms with Gasteiger partial charge in [0.15, 0.2) is 17.0 Å². The number of aliphatic imine (C=N–C) groups is 1. The first kappa shape index (κ1) is 19.9. The Morgan fingerprint density at radius 1 is 1.35 bits per heavy atom. The van der Waals surface area contributed by atoms with E-state index in [0.29, 0.717) is 32.2 Å². The highest BCUT2D eigenvalue weighted by atomic mass is 16.5. The van der Waals surface area contributed by atoms with Crippen molar-refractivity contribution >= 4 is 11.9 Å². The minimum Gasteiger partial charge on any atom is -0.505 e. The molecule has 9 nitrogen and oxygen atoms in total. The molecule has 0 radical (unpaired) electrons. The summed E-state index contributed by atoms with van der Waals surface area (Å²) < 4.78 is 26.0. The molecule has 1 aromatic heterocycles. The van der Waals surface area contributed by atoms with Crippen LogP contribution in [0, 0.1) is 0 Å². The lowest BCUT2D eigenvalue weighted by atomic mass is 10.1. The molecule has 26 heavy (non-hydrogen) atoms. The first-order chi connectivity index (χ1) is 12.5. The van der Waals surface area contributed by atoms with Crippen LogP contribution in [0.4, 0.5) is 0 Å². The number of hydrogen-bond acceptors (Lipinski definition) is 9. The predicted octanol–water partition coefficient (Wildman–Crippen LogP) is 0.928. The highest BCUT2D eigenvalue weighted by Gasteiger charge is 2.42. The summed E-state index contributed by atoms with van der Waals surface area (Å²) in [5.74, 6) is -0.168. The molecule has 0 amide bonds. The second-order valence-electron chi connectivity index (χ2n) is 5.69. The van der Waals surface area contributed by atoms with Gasteiger partial charge < -0.3 is 28.8 Å². The van der Waals surface area contributed by atoms with E-state index in [4.69, 9.17) is 23.7 Å². The van der Waals surface area contributed by atoms with Crippen LogP contribution in [0.3, 0.4) is 0 Å². The van der Waals surface area contributed by atoms with Crippen LogP contribution >= 0.6 is 0 Å². The SMILES string of the molecule is CCOC(=O)C1(C)COC(c2ncc(OCCOCCOC)cc2O)=N1. The van der Waals surface area contributed by atoms with Crippen LogP contribution in [0.5, 0.6) is 11.5 Å². The van der Waals surface area contributed by atoms with Gasteiger partial charge in [0.25, 0.3) is 0 Å². The van der Waals surface area contributed by atoms with Crippen LogP contribution in [0.25, 0.3) is 0 Å². The molecule has 1 unspecified atom stereocenters. The smallest absolute Gasteiger partial charge is 0.337 e. The number of pyridine rings is 1. The second kappa shape index (κ2) is 9.35. The van der Waals surface area contributed by atoms with Crippen molar-refractivity contribution in [3.63, 3.8) is 0 Å². The van der Waals surface area contributed by atoms with Crippen LogP contribution in [-0.2, 0) is 23.7 Å². The Morgan fingerprint density at radius 2 is 2.12 bits per heavy atom. The van der Waals surface area contributed by atoms with Gasteiger partial charge in [-0.05, 0) is 13.8 Å². The first-order valence-corrected chi connectivity index (χ1v) is 8.29. The minimum absolute atomic E-state index is 0.0271. The second-order valence-corrected chi connectivity index (χ2v) is 5.69. The van der Waals surface area contributed by atoms with Crippen molar-refractivity contribution in [2.45, 2.75) is 19.4 Å². The van der Waals surface area contributed by atoms with Crippen molar-refractivity contribution in [3.8, 4) is 11.5 Å². The molecule has 1 atom stereocenters. The molecule has 0 aromatic carbocycles. The van der Waals surface area contributed by atoms with E-state index < -0.39 is 11.5 Å². The monoisotopic (exact) mass is 368 g/mol. The summed E-state index contributed by atoms with van der Waals surface area (Å²) in [6.45, 7) is 5.31. The average molecular weight is 368 g/mol. The third-order valence-corrected chi connectivity index (χ3v) is 3.53. The fourth-order valence-corrected chi connectivity index (χ4v) is 2.15. The number of ether oxygens (including phenoxy) is 5. The molecule has 1 aliphatic heterocycles. The Morgan fingerprint density at radius 3 is 2.81 bits per heavy atom. The van der Waals surface area contributed by atoms with Crippen molar-refractivity contribution in [1.82, 2.24) is 4.98 Å². The molecule has 0 saturated heterocycles. The molecule has 1 aromatic rings. The quantitative estimate of drug-likeness (QED) is 0.480. The summed E-state index contributed by atoms with van der Waals surface area (Å²) >= 11 is 0. The van der Waals surface area contributed by atoms with E-state index in [1.807, 2.05) is 0 Å². The lowest BCUT2D eigenvalue weighted by Crippen LogP contribution is -2.36. The zero-order valence-corrected chi connectivity index (χ0v) is 15.2. The summed E-state index contributed by atoms with van der Waals surface area (Å²) in [5.41, 5.74) is -1.00. The fraction of sp³-hybridized carbons (Fsp3) is 0.588. The number of aromatic nitrogens is 1. The Labute approximate surface area is 151 Å². The van der Waals surface area contributed by atoms with Gasteiger partial charge >= 0.3 is 5.97 Å². The third-order valence-electron chi connectivity index (χ3n) is 3.53. The van der Waals surface area contributed by atoms with E-state index in [-0.39, 0.29) is 30.6 Å². The molecule has 144 valence electrons. The van der Waals surface area contributed by atoms with Crippen LogP contribution in [0.15, 0.2) is 17.3 Å².